The van der Waals surface area contributed by atoms with Crippen molar-refractivity contribution in [3.05, 3.63) is 0 Å². The normalized spacial score (nSPS) is 14.8. The summed E-state index contributed by atoms with van der Waals surface area (Å²) in [6.07, 6.45) is -3.29. The minimum Gasteiger partial charge on any atom is -0.479 e. The first-order valence-corrected chi connectivity index (χ1v) is 6.28. The SMILES string of the molecule is CSCCN(C)C(=O)NC(C)(C(=O)O)C(F)(F)F. The van der Waals surface area contributed by atoms with Crippen molar-refractivity contribution >= 4 is 23.8 Å². The van der Waals surface area contributed by atoms with E-state index in [2.05, 4.69) is 0 Å². The molecule has 0 bridgehead atoms. The number of thioether (sulfide) groups is 1. The molecule has 5 nitrogen and oxygen atoms in total. The van der Waals surface area contributed by atoms with Crippen LogP contribution in [0.15, 0.2) is 0 Å². The first-order valence-electron chi connectivity index (χ1n) is 4.88. The van der Waals surface area contributed by atoms with Crippen LogP contribution in [0.25, 0.3) is 0 Å². The van der Waals surface area contributed by atoms with Crippen LogP contribution in [0, 0.1) is 0 Å². The van der Waals surface area contributed by atoms with Gasteiger partial charge in [-0.2, -0.15) is 24.9 Å². The third-order valence-corrected chi connectivity index (χ3v) is 2.92. The fourth-order valence-electron chi connectivity index (χ4n) is 0.885. The van der Waals surface area contributed by atoms with E-state index in [0.717, 1.165) is 4.90 Å². The Hall–Kier alpha value is -1.12. The van der Waals surface area contributed by atoms with E-state index in [1.807, 2.05) is 0 Å². The Bertz CT molecular complexity index is 325. The van der Waals surface area contributed by atoms with E-state index in [1.165, 1.54) is 24.1 Å². The van der Waals surface area contributed by atoms with Gasteiger partial charge in [0, 0.05) is 19.3 Å². The maximum Gasteiger partial charge on any atom is 0.422 e. The van der Waals surface area contributed by atoms with Crippen LogP contribution in [0.1, 0.15) is 6.92 Å². The Kier molecular flexibility index (Phi) is 5.78. The molecule has 0 aromatic heterocycles. The van der Waals surface area contributed by atoms with Crippen LogP contribution in [0.4, 0.5) is 18.0 Å². The zero-order chi connectivity index (χ0) is 14.6. The van der Waals surface area contributed by atoms with Crippen LogP contribution in [-0.4, -0.2) is 59.3 Å². The number of aliphatic carboxylic acids is 1. The number of amides is 2. The van der Waals surface area contributed by atoms with E-state index in [1.54, 1.807) is 6.26 Å². The standard InChI is InChI=1S/C9H15F3N2O3S/c1-8(6(15)16,9(10,11)12)13-7(17)14(2)4-5-18-3/h4-5H2,1-3H3,(H,13,17)(H,15,16). The van der Waals surface area contributed by atoms with Crippen molar-refractivity contribution in [2.45, 2.75) is 18.6 Å². The average Bonchev–Trinajstić information content (AvgIpc) is 2.23. The number of hydrogen-bond acceptors (Lipinski definition) is 3. The molecule has 1 atom stereocenters. The van der Waals surface area contributed by atoms with Crippen LogP contribution in [0.2, 0.25) is 0 Å². The van der Waals surface area contributed by atoms with Crippen LogP contribution in [-0.2, 0) is 4.79 Å². The number of halogens is 3. The van der Waals surface area contributed by atoms with Gasteiger partial charge >= 0.3 is 18.2 Å². The van der Waals surface area contributed by atoms with Crippen molar-refractivity contribution < 1.29 is 27.9 Å². The highest BCUT2D eigenvalue weighted by atomic mass is 32.2. The van der Waals surface area contributed by atoms with Crippen molar-refractivity contribution in [1.29, 1.82) is 0 Å². The molecule has 2 N–H and O–H groups in total. The van der Waals surface area contributed by atoms with E-state index in [-0.39, 0.29) is 6.54 Å². The predicted molar refractivity (Wildman–Crippen MR) is 61.6 cm³/mol. The highest BCUT2D eigenvalue weighted by Gasteiger charge is 2.58. The maximum absolute atomic E-state index is 12.6. The first-order chi connectivity index (χ1) is 8.06. The van der Waals surface area contributed by atoms with E-state index in [9.17, 15) is 22.8 Å². The van der Waals surface area contributed by atoms with Crippen LogP contribution < -0.4 is 5.32 Å². The van der Waals surface area contributed by atoms with E-state index < -0.39 is 23.7 Å². The Morgan fingerprint density at radius 2 is 1.89 bits per heavy atom. The van der Waals surface area contributed by atoms with Gasteiger partial charge < -0.3 is 15.3 Å². The summed E-state index contributed by atoms with van der Waals surface area (Å²) in [6.45, 7) is 0.635. The molecule has 0 fully saturated rings. The summed E-state index contributed by atoms with van der Waals surface area (Å²) in [5.74, 6) is -1.61. The zero-order valence-corrected chi connectivity index (χ0v) is 11.0. The Morgan fingerprint density at radius 1 is 1.39 bits per heavy atom. The molecule has 0 heterocycles. The largest absolute Gasteiger partial charge is 0.479 e. The number of alkyl halides is 3. The Morgan fingerprint density at radius 3 is 2.22 bits per heavy atom. The maximum atomic E-state index is 12.6. The molecule has 1 unspecified atom stereocenters. The minimum absolute atomic E-state index is 0.223. The van der Waals surface area contributed by atoms with Gasteiger partial charge in [-0.25, -0.2) is 9.59 Å². The van der Waals surface area contributed by atoms with Crippen molar-refractivity contribution in [2.75, 3.05) is 25.6 Å². The van der Waals surface area contributed by atoms with Crippen LogP contribution in [0.5, 0.6) is 0 Å². The molecular weight excluding hydrogens is 273 g/mol. The van der Waals surface area contributed by atoms with Gasteiger partial charge in [-0.1, -0.05) is 0 Å². The number of carboxylic acid groups (broad SMARTS) is 1. The van der Waals surface area contributed by atoms with Gasteiger partial charge in [-0.05, 0) is 13.2 Å². The molecular formula is C9H15F3N2O3S. The Labute approximate surface area is 107 Å². The van der Waals surface area contributed by atoms with Gasteiger partial charge in [0.1, 0.15) is 0 Å². The molecule has 0 aliphatic heterocycles. The Balaban J connectivity index is 4.82. The molecule has 0 radical (unpaired) electrons. The summed E-state index contributed by atoms with van der Waals surface area (Å²) in [7, 11) is 1.30. The third kappa shape index (κ3) is 3.97. The number of urea groups is 1. The van der Waals surface area contributed by atoms with Gasteiger partial charge in [0.15, 0.2) is 0 Å². The van der Waals surface area contributed by atoms with Crippen LogP contribution >= 0.6 is 11.8 Å². The monoisotopic (exact) mass is 288 g/mol. The summed E-state index contributed by atoms with van der Waals surface area (Å²) in [6, 6.07) is -1.08. The summed E-state index contributed by atoms with van der Waals surface area (Å²) in [5.41, 5.74) is -3.29. The van der Waals surface area contributed by atoms with Gasteiger partial charge in [-0.15, -0.1) is 0 Å². The molecule has 0 aromatic carbocycles. The predicted octanol–water partition coefficient (Wildman–Crippen LogP) is 1.40. The number of carboxylic acids is 1. The molecule has 0 spiro atoms. The lowest BCUT2D eigenvalue weighted by Crippen LogP contribution is -2.63. The van der Waals surface area contributed by atoms with Gasteiger partial charge in [0.2, 0.25) is 5.54 Å². The lowest BCUT2D eigenvalue weighted by atomic mass is 10.0. The molecule has 106 valence electrons. The number of carbonyl (C=O) groups is 2. The lowest BCUT2D eigenvalue weighted by Gasteiger charge is -2.30. The van der Waals surface area contributed by atoms with Crippen molar-refractivity contribution in [2.24, 2.45) is 0 Å². The molecule has 0 saturated carbocycles. The van der Waals surface area contributed by atoms with Crippen LogP contribution in [0.3, 0.4) is 0 Å². The number of nitrogens with zero attached hydrogens (tertiary/aromatic N) is 1. The molecule has 0 aliphatic carbocycles. The molecule has 0 aliphatic rings. The van der Waals surface area contributed by atoms with E-state index in [4.69, 9.17) is 5.11 Å². The summed E-state index contributed by atoms with van der Waals surface area (Å²) >= 11 is 1.42. The van der Waals surface area contributed by atoms with Gasteiger partial charge in [0.05, 0.1) is 0 Å². The van der Waals surface area contributed by atoms with Crippen molar-refractivity contribution in [3.63, 3.8) is 0 Å². The zero-order valence-electron chi connectivity index (χ0n) is 10.2. The van der Waals surface area contributed by atoms with Gasteiger partial charge in [-0.3, -0.25) is 0 Å². The fraction of sp³-hybridized carbons (Fsp3) is 0.778. The molecule has 0 rings (SSSR count). The molecule has 0 aromatic rings. The summed E-state index contributed by atoms with van der Waals surface area (Å²) in [4.78, 5) is 23.1. The molecule has 18 heavy (non-hydrogen) atoms. The average molecular weight is 288 g/mol. The highest BCUT2D eigenvalue weighted by Crippen LogP contribution is 2.30. The second-order valence-corrected chi connectivity index (χ2v) is 4.76. The second kappa shape index (κ2) is 6.17. The smallest absolute Gasteiger partial charge is 0.422 e. The molecule has 2 amide bonds. The minimum atomic E-state index is -5.07. The number of hydrogen-bond donors (Lipinski definition) is 2. The quantitative estimate of drug-likeness (QED) is 0.802. The lowest BCUT2D eigenvalue weighted by molar-refractivity contribution is -0.203. The van der Waals surface area contributed by atoms with Gasteiger partial charge in [0.25, 0.3) is 0 Å². The van der Waals surface area contributed by atoms with E-state index >= 15 is 0 Å². The highest BCUT2D eigenvalue weighted by molar-refractivity contribution is 7.98. The first kappa shape index (κ1) is 16.9. The number of nitrogens with one attached hydrogen (secondary N) is 1. The fourth-order valence-corrected chi connectivity index (χ4v) is 1.34. The summed E-state index contributed by atoms with van der Waals surface area (Å²) < 4.78 is 37.8. The van der Waals surface area contributed by atoms with E-state index in [0.29, 0.717) is 12.7 Å². The third-order valence-electron chi connectivity index (χ3n) is 2.33. The van der Waals surface area contributed by atoms with Crippen molar-refractivity contribution in [1.82, 2.24) is 10.2 Å². The topological polar surface area (TPSA) is 69.6 Å². The summed E-state index contributed by atoms with van der Waals surface area (Å²) in [5, 5.41) is 10.1. The molecule has 0 saturated heterocycles. The molecule has 9 heteroatoms. The number of rotatable bonds is 5. The van der Waals surface area contributed by atoms with Crippen molar-refractivity contribution in [3.8, 4) is 0 Å². The number of carbonyl (C=O) groups excluding carboxylic acids is 1. The second-order valence-electron chi connectivity index (χ2n) is 3.77.